The quantitative estimate of drug-likeness (QED) is 0.783. The van der Waals surface area contributed by atoms with Gasteiger partial charge in [0.15, 0.2) is 0 Å². The fourth-order valence-electron chi connectivity index (χ4n) is 2.55. The van der Waals surface area contributed by atoms with Crippen molar-refractivity contribution in [2.24, 2.45) is 0 Å². The third-order valence-corrected chi connectivity index (χ3v) is 4.19. The third kappa shape index (κ3) is 4.43. The maximum Gasteiger partial charge on any atom is 0.289 e. The Balaban J connectivity index is 1.41. The molecule has 0 spiro atoms. The molecular formula is C18H20FN3O3. The Hall–Kier alpha value is -2.70. The number of nitrogens with zero attached hydrogens (tertiary/aromatic N) is 2. The maximum absolute atomic E-state index is 12.9. The lowest BCUT2D eigenvalue weighted by Gasteiger charge is -2.30. The number of unbranched alkanes of at least 4 members (excludes halogenated alkanes) is 1. The van der Waals surface area contributed by atoms with Crippen molar-refractivity contribution in [1.29, 1.82) is 0 Å². The predicted molar refractivity (Wildman–Crippen MR) is 89.3 cm³/mol. The van der Waals surface area contributed by atoms with Gasteiger partial charge < -0.3 is 14.7 Å². The Kier molecular flexibility index (Phi) is 5.42. The van der Waals surface area contributed by atoms with Crippen LogP contribution in [0, 0.1) is 5.82 Å². The minimum atomic E-state index is -0.352. The summed E-state index contributed by atoms with van der Waals surface area (Å²) in [6.07, 6.45) is 3.09. The number of benzene rings is 1. The van der Waals surface area contributed by atoms with E-state index in [0.717, 1.165) is 32.4 Å². The lowest BCUT2D eigenvalue weighted by Crippen LogP contribution is -2.41. The zero-order chi connectivity index (χ0) is 17.6. The van der Waals surface area contributed by atoms with Crippen LogP contribution in [0.25, 0.3) is 11.3 Å². The molecule has 0 bridgehead atoms. The van der Waals surface area contributed by atoms with Gasteiger partial charge in [-0.15, -0.1) is 0 Å². The summed E-state index contributed by atoms with van der Waals surface area (Å²) in [4.78, 5) is 25.6. The Bertz CT molecular complexity index is 738. The van der Waals surface area contributed by atoms with E-state index in [4.69, 9.17) is 4.52 Å². The second kappa shape index (κ2) is 7.92. The van der Waals surface area contributed by atoms with Gasteiger partial charge in [0.05, 0.1) is 0 Å². The molecule has 1 aromatic carbocycles. The summed E-state index contributed by atoms with van der Waals surface area (Å²) in [5.74, 6) is -0.388. The van der Waals surface area contributed by atoms with E-state index in [2.05, 4.69) is 10.5 Å². The zero-order valence-electron chi connectivity index (χ0n) is 13.8. The van der Waals surface area contributed by atoms with Crippen LogP contribution in [0.15, 0.2) is 34.9 Å². The molecule has 7 heteroatoms. The molecule has 0 unspecified atom stereocenters. The van der Waals surface area contributed by atoms with Crippen LogP contribution in [0.5, 0.6) is 0 Å². The summed E-state index contributed by atoms with van der Waals surface area (Å²) < 4.78 is 18.0. The smallest absolute Gasteiger partial charge is 0.289 e. The number of halogens is 1. The summed E-state index contributed by atoms with van der Waals surface area (Å²) in [6.45, 7) is 2.22. The minimum Gasteiger partial charge on any atom is -0.350 e. The standard InChI is InChI=1S/C18H20FN3O3/c19-14-7-5-13(6-8-14)15-12-16(25-21-15)18(24)20-9-2-1-4-17(23)22-10-3-11-22/h5-8,12H,1-4,9-11H2,(H,20,24). The van der Waals surface area contributed by atoms with E-state index in [1.54, 1.807) is 12.1 Å². The Morgan fingerprint density at radius 3 is 2.64 bits per heavy atom. The van der Waals surface area contributed by atoms with Crippen LogP contribution >= 0.6 is 0 Å². The molecule has 0 saturated carbocycles. The first-order valence-electron chi connectivity index (χ1n) is 8.42. The number of carbonyl (C=O) groups is 2. The van der Waals surface area contributed by atoms with E-state index >= 15 is 0 Å². The van der Waals surface area contributed by atoms with E-state index < -0.39 is 0 Å². The van der Waals surface area contributed by atoms with Crippen molar-refractivity contribution in [3.05, 3.63) is 41.9 Å². The molecule has 1 fully saturated rings. The first-order chi connectivity index (χ1) is 12.1. The predicted octanol–water partition coefficient (Wildman–Crippen LogP) is 2.61. The second-order valence-corrected chi connectivity index (χ2v) is 6.03. The number of hydrogen-bond acceptors (Lipinski definition) is 4. The van der Waals surface area contributed by atoms with Gasteiger partial charge >= 0.3 is 0 Å². The molecule has 1 aromatic heterocycles. The van der Waals surface area contributed by atoms with Crippen LogP contribution < -0.4 is 5.32 Å². The minimum absolute atomic E-state index is 0.107. The summed E-state index contributed by atoms with van der Waals surface area (Å²) >= 11 is 0. The van der Waals surface area contributed by atoms with Crippen molar-refractivity contribution < 1.29 is 18.5 Å². The molecule has 2 aromatic rings. The molecule has 6 nitrogen and oxygen atoms in total. The second-order valence-electron chi connectivity index (χ2n) is 6.03. The summed E-state index contributed by atoms with van der Waals surface area (Å²) in [5, 5.41) is 6.58. The number of aromatic nitrogens is 1. The molecule has 2 heterocycles. The molecule has 1 aliphatic heterocycles. The number of amides is 2. The van der Waals surface area contributed by atoms with Crippen molar-refractivity contribution in [2.75, 3.05) is 19.6 Å². The van der Waals surface area contributed by atoms with Crippen molar-refractivity contribution in [2.45, 2.75) is 25.7 Å². The molecule has 0 atom stereocenters. The zero-order valence-corrected chi connectivity index (χ0v) is 13.8. The van der Waals surface area contributed by atoms with Gasteiger partial charge in [0.2, 0.25) is 11.7 Å². The van der Waals surface area contributed by atoms with Crippen molar-refractivity contribution in [1.82, 2.24) is 15.4 Å². The average molecular weight is 345 g/mol. The maximum atomic E-state index is 12.9. The van der Waals surface area contributed by atoms with Gasteiger partial charge in [-0.25, -0.2) is 4.39 Å². The molecule has 1 saturated heterocycles. The molecule has 1 aliphatic rings. The molecular weight excluding hydrogens is 325 g/mol. The average Bonchev–Trinajstić information content (AvgIpc) is 3.03. The lowest BCUT2D eigenvalue weighted by atomic mass is 10.1. The Labute approximate surface area is 145 Å². The third-order valence-electron chi connectivity index (χ3n) is 4.19. The summed E-state index contributed by atoms with van der Waals surface area (Å²) in [6, 6.07) is 7.32. The van der Waals surface area contributed by atoms with Crippen LogP contribution in [0.3, 0.4) is 0 Å². The van der Waals surface area contributed by atoms with Crippen molar-refractivity contribution in [3.8, 4) is 11.3 Å². The van der Waals surface area contributed by atoms with E-state index in [-0.39, 0.29) is 23.4 Å². The SMILES string of the molecule is O=C(NCCCCC(=O)N1CCC1)c1cc(-c2ccc(F)cc2)no1. The van der Waals surface area contributed by atoms with Crippen LogP contribution in [-0.4, -0.2) is 41.5 Å². The molecule has 0 radical (unpaired) electrons. The van der Waals surface area contributed by atoms with E-state index in [1.807, 2.05) is 4.90 Å². The monoisotopic (exact) mass is 345 g/mol. The van der Waals surface area contributed by atoms with Gasteiger partial charge in [-0.3, -0.25) is 9.59 Å². The molecule has 3 rings (SSSR count). The molecule has 132 valence electrons. The van der Waals surface area contributed by atoms with Gasteiger partial charge in [-0.2, -0.15) is 0 Å². The van der Waals surface area contributed by atoms with Gasteiger partial charge in [-0.05, 0) is 43.5 Å². The Morgan fingerprint density at radius 1 is 1.20 bits per heavy atom. The number of carbonyl (C=O) groups excluding carboxylic acids is 2. The van der Waals surface area contributed by atoms with Crippen molar-refractivity contribution in [3.63, 3.8) is 0 Å². The lowest BCUT2D eigenvalue weighted by molar-refractivity contribution is -0.134. The van der Waals surface area contributed by atoms with Gasteiger partial charge in [-0.1, -0.05) is 5.16 Å². The van der Waals surface area contributed by atoms with Gasteiger partial charge in [0.25, 0.3) is 5.91 Å². The fourth-order valence-corrected chi connectivity index (χ4v) is 2.55. The number of rotatable bonds is 7. The van der Waals surface area contributed by atoms with Crippen LogP contribution in [-0.2, 0) is 4.79 Å². The highest BCUT2D eigenvalue weighted by atomic mass is 19.1. The fraction of sp³-hybridized carbons (Fsp3) is 0.389. The number of likely N-dealkylation sites (tertiary alicyclic amines) is 1. The highest BCUT2D eigenvalue weighted by molar-refractivity contribution is 5.92. The van der Waals surface area contributed by atoms with Crippen LogP contribution in [0.1, 0.15) is 36.2 Å². The Morgan fingerprint density at radius 2 is 1.96 bits per heavy atom. The number of hydrogen-bond donors (Lipinski definition) is 1. The first-order valence-corrected chi connectivity index (χ1v) is 8.42. The summed E-state index contributed by atoms with van der Waals surface area (Å²) in [5.41, 5.74) is 1.15. The topological polar surface area (TPSA) is 75.4 Å². The highest BCUT2D eigenvalue weighted by Gasteiger charge is 2.19. The molecule has 0 aliphatic carbocycles. The van der Waals surface area contributed by atoms with Crippen LogP contribution in [0.4, 0.5) is 4.39 Å². The largest absolute Gasteiger partial charge is 0.350 e. The number of nitrogens with one attached hydrogen (secondary N) is 1. The van der Waals surface area contributed by atoms with Gasteiger partial charge in [0, 0.05) is 37.7 Å². The normalized spacial score (nSPS) is 13.4. The van der Waals surface area contributed by atoms with E-state index in [1.165, 1.54) is 18.2 Å². The summed E-state index contributed by atoms with van der Waals surface area (Å²) in [7, 11) is 0. The van der Waals surface area contributed by atoms with Gasteiger partial charge in [0.1, 0.15) is 11.5 Å². The molecule has 2 amide bonds. The van der Waals surface area contributed by atoms with E-state index in [0.29, 0.717) is 24.2 Å². The highest BCUT2D eigenvalue weighted by Crippen LogP contribution is 2.19. The first kappa shape index (κ1) is 17.1. The molecule has 1 N–H and O–H groups in total. The molecule has 25 heavy (non-hydrogen) atoms. The van der Waals surface area contributed by atoms with Crippen LogP contribution in [0.2, 0.25) is 0 Å². The van der Waals surface area contributed by atoms with Crippen molar-refractivity contribution >= 4 is 11.8 Å². The van der Waals surface area contributed by atoms with E-state index in [9.17, 15) is 14.0 Å².